The van der Waals surface area contributed by atoms with Crippen molar-refractivity contribution in [3.63, 3.8) is 0 Å². The van der Waals surface area contributed by atoms with E-state index < -0.39 is 0 Å². The number of aliphatic imine (C=N–C) groups is 1. The van der Waals surface area contributed by atoms with Gasteiger partial charge in [0.2, 0.25) is 0 Å². The Bertz CT molecular complexity index is 772. The zero-order valence-electron chi connectivity index (χ0n) is 15.7. The maximum absolute atomic E-state index is 8.83. The molecule has 27 heavy (non-hydrogen) atoms. The van der Waals surface area contributed by atoms with Crippen LogP contribution in [0, 0.1) is 11.3 Å². The molecule has 6 nitrogen and oxygen atoms in total. The standard InChI is InChI=1S/C20H24N4O2.HI/c1-15(26-19-6-4-5-18(11-19)25-3)13-23-20(22-2)24-14-17-9-7-16(12-21)8-10-17;/h4-11,15H,13-14H2,1-3H3,(H2,22,23,24);1H. The molecule has 0 fully saturated rings. The average molecular weight is 480 g/mol. The summed E-state index contributed by atoms with van der Waals surface area (Å²) < 4.78 is 11.1. The molecule has 0 aliphatic heterocycles. The predicted octanol–water partition coefficient (Wildman–Crippen LogP) is 3.32. The Labute approximate surface area is 177 Å². The van der Waals surface area contributed by atoms with Crippen molar-refractivity contribution in [2.45, 2.75) is 19.6 Å². The molecule has 1 atom stereocenters. The molecular weight excluding hydrogens is 455 g/mol. The number of hydrogen-bond donors (Lipinski definition) is 2. The molecule has 0 saturated carbocycles. The molecule has 0 heterocycles. The fourth-order valence-electron chi connectivity index (χ4n) is 2.29. The number of guanidine groups is 1. The van der Waals surface area contributed by atoms with Crippen molar-refractivity contribution in [3.05, 3.63) is 59.7 Å². The van der Waals surface area contributed by atoms with Crippen LogP contribution >= 0.6 is 24.0 Å². The molecule has 2 rings (SSSR count). The number of nitrogens with one attached hydrogen (secondary N) is 2. The highest BCUT2D eigenvalue weighted by Crippen LogP contribution is 2.19. The van der Waals surface area contributed by atoms with Gasteiger partial charge in [-0.15, -0.1) is 24.0 Å². The Morgan fingerprint density at radius 3 is 2.48 bits per heavy atom. The second kappa shape index (κ2) is 12.0. The normalized spacial score (nSPS) is 11.6. The van der Waals surface area contributed by atoms with Gasteiger partial charge in [0.25, 0.3) is 0 Å². The summed E-state index contributed by atoms with van der Waals surface area (Å²) in [6.07, 6.45) is -0.0458. The van der Waals surface area contributed by atoms with Crippen molar-refractivity contribution >= 4 is 29.9 Å². The lowest BCUT2D eigenvalue weighted by atomic mass is 10.1. The van der Waals surface area contributed by atoms with Gasteiger partial charge in [0.15, 0.2) is 5.96 Å². The molecule has 1 unspecified atom stereocenters. The topological polar surface area (TPSA) is 78.7 Å². The van der Waals surface area contributed by atoms with Gasteiger partial charge in [-0.05, 0) is 36.8 Å². The zero-order valence-corrected chi connectivity index (χ0v) is 18.1. The molecular formula is C20H25IN4O2. The van der Waals surface area contributed by atoms with Crippen LogP contribution in [0.5, 0.6) is 11.5 Å². The summed E-state index contributed by atoms with van der Waals surface area (Å²) in [5, 5.41) is 15.3. The van der Waals surface area contributed by atoms with Gasteiger partial charge in [0.05, 0.1) is 25.3 Å². The van der Waals surface area contributed by atoms with Crippen LogP contribution in [-0.2, 0) is 6.54 Å². The van der Waals surface area contributed by atoms with Crippen molar-refractivity contribution in [2.24, 2.45) is 4.99 Å². The number of nitrogens with zero attached hydrogens (tertiary/aromatic N) is 2. The van der Waals surface area contributed by atoms with Crippen LogP contribution < -0.4 is 20.1 Å². The van der Waals surface area contributed by atoms with E-state index in [1.54, 1.807) is 26.3 Å². The molecule has 0 aromatic heterocycles. The van der Waals surface area contributed by atoms with Crippen LogP contribution in [0.4, 0.5) is 0 Å². The number of halogens is 1. The summed E-state index contributed by atoms with van der Waals surface area (Å²) in [6, 6.07) is 17.1. The largest absolute Gasteiger partial charge is 0.497 e. The highest BCUT2D eigenvalue weighted by molar-refractivity contribution is 14.0. The minimum Gasteiger partial charge on any atom is -0.497 e. The first-order valence-electron chi connectivity index (χ1n) is 8.39. The van der Waals surface area contributed by atoms with Crippen molar-refractivity contribution in [1.29, 1.82) is 5.26 Å². The second-order valence-corrected chi connectivity index (χ2v) is 5.72. The smallest absolute Gasteiger partial charge is 0.191 e. The van der Waals surface area contributed by atoms with E-state index in [0.29, 0.717) is 24.6 Å². The number of rotatable bonds is 7. The fourth-order valence-corrected chi connectivity index (χ4v) is 2.29. The summed E-state index contributed by atoms with van der Waals surface area (Å²) in [6.45, 7) is 3.21. The molecule has 0 aliphatic carbocycles. The summed E-state index contributed by atoms with van der Waals surface area (Å²) >= 11 is 0. The minimum atomic E-state index is -0.0458. The third kappa shape index (κ3) is 7.74. The van der Waals surface area contributed by atoms with Crippen LogP contribution in [0.15, 0.2) is 53.5 Å². The molecule has 2 aromatic rings. The molecule has 7 heteroatoms. The van der Waals surface area contributed by atoms with Gasteiger partial charge in [0, 0.05) is 19.7 Å². The minimum absolute atomic E-state index is 0. The van der Waals surface area contributed by atoms with Gasteiger partial charge in [-0.25, -0.2) is 0 Å². The molecule has 2 aromatic carbocycles. The Balaban J connectivity index is 0.00000364. The van der Waals surface area contributed by atoms with E-state index in [0.717, 1.165) is 17.1 Å². The first-order valence-corrected chi connectivity index (χ1v) is 8.39. The SMILES string of the molecule is CN=C(NCc1ccc(C#N)cc1)NCC(C)Oc1cccc(OC)c1.I. The van der Waals surface area contributed by atoms with Crippen LogP contribution in [0.25, 0.3) is 0 Å². The molecule has 0 aliphatic rings. The Morgan fingerprint density at radius 2 is 1.85 bits per heavy atom. The lowest BCUT2D eigenvalue weighted by Crippen LogP contribution is -2.41. The number of methoxy groups -OCH3 is 1. The average Bonchev–Trinajstić information content (AvgIpc) is 2.68. The van der Waals surface area contributed by atoms with Gasteiger partial charge in [-0.1, -0.05) is 18.2 Å². The zero-order chi connectivity index (χ0) is 18.8. The maximum Gasteiger partial charge on any atom is 0.191 e. The van der Waals surface area contributed by atoms with Crippen LogP contribution in [0.2, 0.25) is 0 Å². The molecule has 0 spiro atoms. The number of ether oxygens (including phenoxy) is 2. The molecule has 2 N–H and O–H groups in total. The van der Waals surface area contributed by atoms with E-state index in [2.05, 4.69) is 21.7 Å². The highest BCUT2D eigenvalue weighted by atomic mass is 127. The first-order chi connectivity index (χ1) is 12.6. The molecule has 144 valence electrons. The van der Waals surface area contributed by atoms with Gasteiger partial charge in [-0.3, -0.25) is 4.99 Å². The summed E-state index contributed by atoms with van der Waals surface area (Å²) in [5.41, 5.74) is 1.73. The van der Waals surface area contributed by atoms with Gasteiger partial charge in [0.1, 0.15) is 17.6 Å². The lowest BCUT2D eigenvalue weighted by Gasteiger charge is -2.18. The Hall–Kier alpha value is -2.47. The summed E-state index contributed by atoms with van der Waals surface area (Å²) in [4.78, 5) is 4.21. The van der Waals surface area contributed by atoms with Crippen LogP contribution in [0.1, 0.15) is 18.1 Å². The third-order valence-electron chi connectivity index (χ3n) is 3.70. The summed E-state index contributed by atoms with van der Waals surface area (Å²) in [5.74, 6) is 2.22. The first kappa shape index (κ1) is 22.6. The molecule has 0 amide bonds. The molecule has 0 bridgehead atoms. The van der Waals surface area contributed by atoms with Gasteiger partial charge >= 0.3 is 0 Å². The number of hydrogen-bond acceptors (Lipinski definition) is 4. The monoisotopic (exact) mass is 480 g/mol. The van der Waals surface area contributed by atoms with E-state index in [1.807, 2.05) is 43.3 Å². The Kier molecular flexibility index (Phi) is 10.0. The van der Waals surface area contributed by atoms with Crippen molar-refractivity contribution < 1.29 is 9.47 Å². The van der Waals surface area contributed by atoms with Crippen LogP contribution in [-0.4, -0.2) is 32.8 Å². The lowest BCUT2D eigenvalue weighted by molar-refractivity contribution is 0.223. The van der Waals surface area contributed by atoms with E-state index >= 15 is 0 Å². The van der Waals surface area contributed by atoms with E-state index in [4.69, 9.17) is 14.7 Å². The van der Waals surface area contributed by atoms with Gasteiger partial charge < -0.3 is 20.1 Å². The summed E-state index contributed by atoms with van der Waals surface area (Å²) in [7, 11) is 3.36. The van der Waals surface area contributed by atoms with E-state index in [9.17, 15) is 0 Å². The quantitative estimate of drug-likeness (QED) is 0.361. The number of nitriles is 1. The van der Waals surface area contributed by atoms with Crippen molar-refractivity contribution in [2.75, 3.05) is 20.7 Å². The predicted molar refractivity (Wildman–Crippen MR) is 118 cm³/mol. The highest BCUT2D eigenvalue weighted by Gasteiger charge is 2.06. The van der Waals surface area contributed by atoms with Crippen molar-refractivity contribution in [3.8, 4) is 17.6 Å². The van der Waals surface area contributed by atoms with Crippen LogP contribution in [0.3, 0.4) is 0 Å². The van der Waals surface area contributed by atoms with E-state index in [-0.39, 0.29) is 30.1 Å². The van der Waals surface area contributed by atoms with E-state index in [1.165, 1.54) is 0 Å². The molecule has 0 radical (unpaired) electrons. The molecule has 0 saturated heterocycles. The fraction of sp³-hybridized carbons (Fsp3) is 0.300. The second-order valence-electron chi connectivity index (χ2n) is 5.72. The maximum atomic E-state index is 8.83. The van der Waals surface area contributed by atoms with Crippen molar-refractivity contribution in [1.82, 2.24) is 10.6 Å². The number of benzene rings is 2. The van der Waals surface area contributed by atoms with Gasteiger partial charge in [-0.2, -0.15) is 5.26 Å². The Morgan fingerprint density at radius 1 is 1.15 bits per heavy atom. The third-order valence-corrected chi connectivity index (χ3v) is 3.70.